The van der Waals surface area contributed by atoms with Crippen molar-refractivity contribution in [2.45, 2.75) is 58.2 Å². The van der Waals surface area contributed by atoms with E-state index in [4.69, 9.17) is 15.6 Å². The number of alkyl halides is 3. The minimum absolute atomic E-state index is 0.00621. The summed E-state index contributed by atoms with van der Waals surface area (Å²) in [6.45, 7) is 4.73. The number of halogens is 3. The lowest BCUT2D eigenvalue weighted by atomic mass is 9.93. The summed E-state index contributed by atoms with van der Waals surface area (Å²) < 4.78 is 31.7. The molecule has 0 aliphatic carbocycles. The molecular formula is C22H29F3N2O4. The number of anilines is 1. The Hall–Kier alpha value is -2.68. The second-order valence-electron chi connectivity index (χ2n) is 7.26. The number of para-hydroxylation sites is 1. The van der Waals surface area contributed by atoms with Crippen LogP contribution in [0.5, 0.6) is 0 Å². The Labute approximate surface area is 179 Å². The summed E-state index contributed by atoms with van der Waals surface area (Å²) in [6, 6.07) is 7.62. The first kappa shape index (κ1) is 26.4. The first-order valence-corrected chi connectivity index (χ1v) is 10.2. The first-order chi connectivity index (χ1) is 14.5. The highest BCUT2D eigenvalue weighted by Gasteiger charge is 2.38. The summed E-state index contributed by atoms with van der Waals surface area (Å²) in [5.41, 5.74) is 8.04. The lowest BCUT2D eigenvalue weighted by molar-refractivity contribution is -0.192. The molecule has 2 rings (SSSR count). The van der Waals surface area contributed by atoms with Crippen molar-refractivity contribution in [3.63, 3.8) is 0 Å². The number of carboxylic acid groups (broad SMARTS) is 1. The Morgan fingerprint density at radius 2 is 1.84 bits per heavy atom. The number of ketones is 1. The highest BCUT2D eigenvalue weighted by molar-refractivity contribution is 6.02. The third kappa shape index (κ3) is 8.53. The van der Waals surface area contributed by atoms with Crippen LogP contribution in [0.25, 0.3) is 0 Å². The molecule has 2 atom stereocenters. The van der Waals surface area contributed by atoms with E-state index in [1.54, 1.807) is 6.08 Å². The Bertz CT molecular complexity index is 793. The molecule has 1 heterocycles. The van der Waals surface area contributed by atoms with Gasteiger partial charge in [0.05, 0.1) is 6.04 Å². The molecule has 1 amide bonds. The van der Waals surface area contributed by atoms with Crippen LogP contribution in [0, 0.1) is 5.92 Å². The van der Waals surface area contributed by atoms with Crippen molar-refractivity contribution in [3.05, 3.63) is 42.0 Å². The zero-order valence-corrected chi connectivity index (χ0v) is 17.7. The molecule has 0 fully saturated rings. The summed E-state index contributed by atoms with van der Waals surface area (Å²) in [7, 11) is 0. The molecule has 0 unspecified atom stereocenters. The molecule has 1 aliphatic rings. The molecule has 6 nitrogen and oxygen atoms in total. The van der Waals surface area contributed by atoms with E-state index in [0.717, 1.165) is 31.5 Å². The quantitative estimate of drug-likeness (QED) is 0.595. The number of hydrogen-bond acceptors (Lipinski definition) is 4. The predicted molar refractivity (Wildman–Crippen MR) is 112 cm³/mol. The molecule has 1 aliphatic heterocycles. The molecule has 9 heteroatoms. The van der Waals surface area contributed by atoms with Gasteiger partial charge in [0.2, 0.25) is 0 Å². The summed E-state index contributed by atoms with van der Waals surface area (Å²) in [5.74, 6) is -2.60. The van der Waals surface area contributed by atoms with Crippen molar-refractivity contribution < 1.29 is 32.7 Å². The fourth-order valence-corrected chi connectivity index (χ4v) is 3.15. The standard InChI is InChI=1S/C20H28N2O2.C2HF3O2/c1-3-7-15(14-19(23)17(21)4-2)10-11-20(24)22-13-12-16-8-5-6-9-18(16)22;3-2(4,5)1(6)7/h5-6,8-11,15,17H,3-4,7,12-14,21H2,1-2H3;(H,6,7)/b11-10+;/t15-,17-;/m0./s1. The minimum atomic E-state index is -5.08. The number of benzene rings is 1. The molecule has 0 aromatic heterocycles. The van der Waals surface area contributed by atoms with Crippen LogP contribution in [0.15, 0.2) is 36.4 Å². The summed E-state index contributed by atoms with van der Waals surface area (Å²) >= 11 is 0. The Kier molecular flexibility index (Phi) is 10.4. The second-order valence-corrected chi connectivity index (χ2v) is 7.26. The molecule has 0 saturated carbocycles. The third-order valence-corrected chi connectivity index (χ3v) is 4.88. The average Bonchev–Trinajstić information content (AvgIpc) is 3.15. The van der Waals surface area contributed by atoms with Gasteiger partial charge in [0, 0.05) is 18.7 Å². The van der Waals surface area contributed by atoms with E-state index >= 15 is 0 Å². The van der Waals surface area contributed by atoms with Gasteiger partial charge in [0.15, 0.2) is 0 Å². The van der Waals surface area contributed by atoms with E-state index in [9.17, 15) is 22.8 Å². The van der Waals surface area contributed by atoms with Crippen LogP contribution < -0.4 is 10.6 Å². The van der Waals surface area contributed by atoms with E-state index in [1.807, 2.05) is 36.1 Å². The van der Waals surface area contributed by atoms with E-state index in [2.05, 4.69) is 13.0 Å². The van der Waals surface area contributed by atoms with Crippen LogP contribution in [0.4, 0.5) is 18.9 Å². The number of rotatable bonds is 8. The maximum Gasteiger partial charge on any atom is 0.490 e. The molecule has 1 aromatic carbocycles. The number of carbonyl (C=O) groups is 3. The minimum Gasteiger partial charge on any atom is -0.475 e. The molecule has 0 radical (unpaired) electrons. The zero-order chi connectivity index (χ0) is 23.6. The summed E-state index contributed by atoms with van der Waals surface area (Å²) in [6.07, 6.45) is 2.29. The van der Waals surface area contributed by atoms with Gasteiger partial charge in [-0.25, -0.2) is 4.79 Å². The van der Waals surface area contributed by atoms with Crippen LogP contribution >= 0.6 is 0 Å². The van der Waals surface area contributed by atoms with E-state index in [1.165, 1.54) is 5.56 Å². The fourth-order valence-electron chi connectivity index (χ4n) is 3.15. The van der Waals surface area contributed by atoms with Gasteiger partial charge in [-0.3, -0.25) is 9.59 Å². The fraction of sp³-hybridized carbons (Fsp3) is 0.500. The smallest absolute Gasteiger partial charge is 0.475 e. The monoisotopic (exact) mass is 442 g/mol. The number of aliphatic carboxylic acids is 1. The van der Waals surface area contributed by atoms with Crippen molar-refractivity contribution in [1.82, 2.24) is 0 Å². The van der Waals surface area contributed by atoms with E-state index in [-0.39, 0.29) is 23.7 Å². The third-order valence-electron chi connectivity index (χ3n) is 4.88. The van der Waals surface area contributed by atoms with Crippen LogP contribution in [0.1, 0.15) is 45.1 Å². The molecule has 0 saturated heterocycles. The average molecular weight is 442 g/mol. The van der Waals surface area contributed by atoms with Crippen molar-refractivity contribution in [2.24, 2.45) is 11.7 Å². The Morgan fingerprint density at radius 1 is 1.23 bits per heavy atom. The second kappa shape index (κ2) is 12.2. The van der Waals surface area contributed by atoms with E-state index in [0.29, 0.717) is 12.8 Å². The lowest BCUT2D eigenvalue weighted by Crippen LogP contribution is -2.31. The molecule has 0 spiro atoms. The van der Waals surface area contributed by atoms with Crippen LogP contribution in [0.2, 0.25) is 0 Å². The van der Waals surface area contributed by atoms with Crippen molar-refractivity contribution >= 4 is 23.3 Å². The predicted octanol–water partition coefficient (Wildman–Crippen LogP) is 3.88. The van der Waals surface area contributed by atoms with Gasteiger partial charge in [-0.2, -0.15) is 13.2 Å². The normalized spacial score (nSPS) is 15.1. The highest BCUT2D eigenvalue weighted by Crippen LogP contribution is 2.27. The number of nitrogens with zero attached hydrogens (tertiary/aromatic N) is 1. The first-order valence-electron chi connectivity index (χ1n) is 10.2. The van der Waals surface area contributed by atoms with Gasteiger partial charge in [0.25, 0.3) is 5.91 Å². The summed E-state index contributed by atoms with van der Waals surface area (Å²) in [4.78, 5) is 35.3. The van der Waals surface area contributed by atoms with Gasteiger partial charge in [-0.15, -0.1) is 0 Å². The highest BCUT2D eigenvalue weighted by atomic mass is 19.4. The number of Topliss-reactive ketones (excluding diaryl/α,β-unsaturated/α-hetero) is 1. The van der Waals surface area contributed by atoms with Crippen LogP contribution in [0.3, 0.4) is 0 Å². The molecule has 1 aromatic rings. The molecule has 172 valence electrons. The number of carboxylic acids is 1. The maximum absolute atomic E-state index is 12.5. The number of fused-ring (bicyclic) bond motifs is 1. The number of amides is 1. The molecule has 3 N–H and O–H groups in total. The lowest BCUT2D eigenvalue weighted by Gasteiger charge is -2.17. The molecule has 0 bridgehead atoms. The number of hydrogen-bond donors (Lipinski definition) is 2. The Balaban J connectivity index is 0.000000592. The van der Waals surface area contributed by atoms with Gasteiger partial charge in [0.1, 0.15) is 5.78 Å². The topological polar surface area (TPSA) is 101 Å². The Morgan fingerprint density at radius 3 is 2.39 bits per heavy atom. The number of nitrogens with two attached hydrogens (primary N) is 1. The number of carbonyl (C=O) groups excluding carboxylic acids is 2. The maximum atomic E-state index is 12.5. The van der Waals surface area contributed by atoms with Gasteiger partial charge < -0.3 is 15.7 Å². The van der Waals surface area contributed by atoms with E-state index < -0.39 is 12.1 Å². The van der Waals surface area contributed by atoms with Crippen LogP contribution in [-0.2, 0) is 20.8 Å². The SMILES string of the molecule is CCC[C@@H](/C=C/C(=O)N1CCc2ccccc21)CC(=O)[C@@H](N)CC.O=C(O)C(F)(F)F. The zero-order valence-electron chi connectivity index (χ0n) is 17.7. The molecular weight excluding hydrogens is 413 g/mol. The van der Waals surface area contributed by atoms with Gasteiger partial charge >= 0.3 is 12.1 Å². The largest absolute Gasteiger partial charge is 0.490 e. The number of allylic oxidation sites excluding steroid dienone is 1. The van der Waals surface area contributed by atoms with Gasteiger partial charge in [-0.1, -0.05) is 44.5 Å². The van der Waals surface area contributed by atoms with Crippen molar-refractivity contribution in [1.29, 1.82) is 0 Å². The molecule has 31 heavy (non-hydrogen) atoms. The van der Waals surface area contributed by atoms with Crippen molar-refractivity contribution in [3.8, 4) is 0 Å². The van der Waals surface area contributed by atoms with Crippen molar-refractivity contribution in [2.75, 3.05) is 11.4 Å². The summed E-state index contributed by atoms with van der Waals surface area (Å²) in [5, 5.41) is 7.12. The van der Waals surface area contributed by atoms with Gasteiger partial charge in [-0.05, 0) is 42.9 Å². The van der Waals surface area contributed by atoms with Crippen LogP contribution in [-0.4, -0.2) is 41.5 Å².